The monoisotopic (exact) mass is 338 g/mol. The molecule has 0 amide bonds. The van der Waals surface area contributed by atoms with Crippen molar-refractivity contribution in [2.45, 2.75) is 39.2 Å². The first kappa shape index (κ1) is 17.4. The van der Waals surface area contributed by atoms with Crippen LogP contribution in [0.5, 0.6) is 5.75 Å². The highest BCUT2D eigenvalue weighted by molar-refractivity contribution is 6.40. The standard InChI is InChI=1S/C14H17Cl3O3/c1-4-5-6-19-13(18)14(2,3)20-12-10(16)7-9(15)8-11(12)17/h7-8H,4-6H2,1-3H3. The fourth-order valence-corrected chi connectivity index (χ4v) is 2.30. The summed E-state index contributed by atoms with van der Waals surface area (Å²) in [7, 11) is 0. The molecule has 0 unspecified atom stereocenters. The van der Waals surface area contributed by atoms with Gasteiger partial charge < -0.3 is 9.47 Å². The minimum atomic E-state index is -1.19. The third-order valence-corrected chi connectivity index (χ3v) is 3.32. The first-order valence-corrected chi connectivity index (χ1v) is 7.42. The van der Waals surface area contributed by atoms with Crippen molar-refractivity contribution >= 4 is 40.8 Å². The number of esters is 1. The Bertz CT molecular complexity index is 464. The molecule has 20 heavy (non-hydrogen) atoms. The molecule has 112 valence electrons. The zero-order valence-corrected chi connectivity index (χ0v) is 13.9. The predicted octanol–water partition coefficient (Wildman–Crippen LogP) is 5.15. The van der Waals surface area contributed by atoms with Crippen molar-refractivity contribution < 1.29 is 14.3 Å². The third kappa shape index (κ3) is 4.72. The summed E-state index contributed by atoms with van der Waals surface area (Å²) < 4.78 is 10.8. The van der Waals surface area contributed by atoms with Gasteiger partial charge in [0.15, 0.2) is 11.4 Å². The van der Waals surface area contributed by atoms with Crippen molar-refractivity contribution in [3.8, 4) is 5.75 Å². The second-order valence-electron chi connectivity index (χ2n) is 4.80. The van der Waals surface area contributed by atoms with Gasteiger partial charge in [-0.05, 0) is 32.4 Å². The maximum atomic E-state index is 12.0. The second kappa shape index (κ2) is 7.39. The van der Waals surface area contributed by atoms with E-state index in [9.17, 15) is 4.79 Å². The highest BCUT2D eigenvalue weighted by Crippen LogP contribution is 2.38. The van der Waals surface area contributed by atoms with Gasteiger partial charge in [0.25, 0.3) is 0 Å². The molecule has 0 bridgehead atoms. The summed E-state index contributed by atoms with van der Waals surface area (Å²) in [5, 5.41) is 0.893. The van der Waals surface area contributed by atoms with Crippen molar-refractivity contribution in [3.05, 3.63) is 27.2 Å². The van der Waals surface area contributed by atoms with Crippen LogP contribution in [0.4, 0.5) is 0 Å². The van der Waals surface area contributed by atoms with Gasteiger partial charge in [0.2, 0.25) is 0 Å². The molecule has 1 aromatic carbocycles. The van der Waals surface area contributed by atoms with Crippen LogP contribution in [0.1, 0.15) is 33.6 Å². The van der Waals surface area contributed by atoms with Gasteiger partial charge in [-0.25, -0.2) is 4.79 Å². The summed E-state index contributed by atoms with van der Waals surface area (Å²) in [5.41, 5.74) is -1.19. The molecule has 0 radical (unpaired) electrons. The van der Waals surface area contributed by atoms with E-state index in [-0.39, 0.29) is 15.8 Å². The van der Waals surface area contributed by atoms with E-state index in [2.05, 4.69) is 0 Å². The SMILES string of the molecule is CCCCOC(=O)C(C)(C)Oc1c(Cl)cc(Cl)cc1Cl. The topological polar surface area (TPSA) is 35.5 Å². The van der Waals surface area contributed by atoms with Crippen LogP contribution in [0, 0.1) is 0 Å². The Morgan fingerprint density at radius 3 is 2.25 bits per heavy atom. The first-order valence-electron chi connectivity index (χ1n) is 6.28. The van der Waals surface area contributed by atoms with E-state index >= 15 is 0 Å². The number of carbonyl (C=O) groups is 1. The van der Waals surface area contributed by atoms with Crippen LogP contribution in [-0.2, 0) is 9.53 Å². The van der Waals surface area contributed by atoms with Crippen molar-refractivity contribution in [1.82, 2.24) is 0 Å². The van der Waals surface area contributed by atoms with Gasteiger partial charge in [0.1, 0.15) is 0 Å². The van der Waals surface area contributed by atoms with Crippen LogP contribution in [0.25, 0.3) is 0 Å². The zero-order chi connectivity index (χ0) is 15.3. The molecule has 0 aliphatic rings. The Morgan fingerprint density at radius 1 is 1.20 bits per heavy atom. The van der Waals surface area contributed by atoms with E-state index in [4.69, 9.17) is 44.3 Å². The smallest absolute Gasteiger partial charge is 0.349 e. The number of hydrogen-bond donors (Lipinski definition) is 0. The van der Waals surface area contributed by atoms with Crippen LogP contribution in [-0.4, -0.2) is 18.2 Å². The summed E-state index contributed by atoms with van der Waals surface area (Å²) in [6, 6.07) is 3.01. The quantitative estimate of drug-likeness (QED) is 0.531. The van der Waals surface area contributed by atoms with Gasteiger partial charge in [-0.1, -0.05) is 48.1 Å². The van der Waals surface area contributed by atoms with Crippen LogP contribution < -0.4 is 4.74 Å². The van der Waals surface area contributed by atoms with E-state index < -0.39 is 11.6 Å². The molecule has 0 N–H and O–H groups in total. The minimum absolute atomic E-state index is 0.218. The number of halogens is 3. The van der Waals surface area contributed by atoms with E-state index in [1.165, 1.54) is 12.1 Å². The van der Waals surface area contributed by atoms with E-state index in [0.717, 1.165) is 12.8 Å². The van der Waals surface area contributed by atoms with Crippen molar-refractivity contribution in [1.29, 1.82) is 0 Å². The Hall–Kier alpha value is -0.640. The van der Waals surface area contributed by atoms with E-state index in [0.29, 0.717) is 11.6 Å². The molecule has 0 aliphatic carbocycles. The Balaban J connectivity index is 2.83. The predicted molar refractivity (Wildman–Crippen MR) is 82.0 cm³/mol. The zero-order valence-electron chi connectivity index (χ0n) is 11.6. The van der Waals surface area contributed by atoms with Gasteiger partial charge in [0.05, 0.1) is 16.7 Å². The van der Waals surface area contributed by atoms with E-state index in [1.54, 1.807) is 13.8 Å². The Morgan fingerprint density at radius 2 is 1.75 bits per heavy atom. The number of hydrogen-bond acceptors (Lipinski definition) is 3. The van der Waals surface area contributed by atoms with Gasteiger partial charge in [-0.15, -0.1) is 0 Å². The summed E-state index contributed by atoms with van der Waals surface area (Å²) in [6.45, 7) is 5.58. The lowest BCUT2D eigenvalue weighted by Crippen LogP contribution is -2.40. The summed E-state index contributed by atoms with van der Waals surface area (Å²) in [6.07, 6.45) is 1.76. The van der Waals surface area contributed by atoms with Crippen LogP contribution >= 0.6 is 34.8 Å². The summed E-state index contributed by atoms with van der Waals surface area (Å²) in [4.78, 5) is 12.0. The molecule has 0 saturated carbocycles. The summed E-state index contributed by atoms with van der Waals surface area (Å²) >= 11 is 17.9. The van der Waals surface area contributed by atoms with Crippen LogP contribution in [0.2, 0.25) is 15.1 Å². The molecule has 0 heterocycles. The molecule has 0 aliphatic heterocycles. The largest absolute Gasteiger partial charge is 0.473 e. The normalized spacial score (nSPS) is 11.3. The fraction of sp³-hybridized carbons (Fsp3) is 0.500. The van der Waals surface area contributed by atoms with Gasteiger partial charge in [-0.2, -0.15) is 0 Å². The van der Waals surface area contributed by atoms with Crippen molar-refractivity contribution in [3.63, 3.8) is 0 Å². The second-order valence-corrected chi connectivity index (χ2v) is 6.05. The third-order valence-electron chi connectivity index (χ3n) is 2.54. The molecule has 0 fully saturated rings. The molecule has 6 heteroatoms. The first-order chi connectivity index (χ1) is 9.27. The molecule has 3 nitrogen and oxygen atoms in total. The Kier molecular flexibility index (Phi) is 6.44. The summed E-state index contributed by atoms with van der Waals surface area (Å²) in [5.74, 6) is -0.247. The molecule has 0 saturated heterocycles. The minimum Gasteiger partial charge on any atom is -0.473 e. The maximum Gasteiger partial charge on any atom is 0.349 e. The average Bonchev–Trinajstić information content (AvgIpc) is 2.34. The maximum absolute atomic E-state index is 12.0. The molecule has 0 spiro atoms. The molecule has 0 atom stereocenters. The van der Waals surface area contributed by atoms with Crippen molar-refractivity contribution in [2.75, 3.05) is 6.61 Å². The number of rotatable bonds is 6. The van der Waals surface area contributed by atoms with Gasteiger partial charge >= 0.3 is 5.97 Å². The molecule has 1 rings (SSSR count). The fourth-order valence-electron chi connectivity index (χ4n) is 1.41. The van der Waals surface area contributed by atoms with E-state index in [1.807, 2.05) is 6.92 Å². The molecule has 0 aromatic heterocycles. The molecule has 1 aromatic rings. The lowest BCUT2D eigenvalue weighted by atomic mass is 10.1. The lowest BCUT2D eigenvalue weighted by molar-refractivity contribution is -0.159. The number of carbonyl (C=O) groups excluding carboxylic acids is 1. The number of benzene rings is 1. The lowest BCUT2D eigenvalue weighted by Gasteiger charge is -2.25. The van der Waals surface area contributed by atoms with Crippen LogP contribution in [0.15, 0.2) is 12.1 Å². The number of unbranched alkanes of at least 4 members (excludes halogenated alkanes) is 1. The highest BCUT2D eigenvalue weighted by atomic mass is 35.5. The van der Waals surface area contributed by atoms with Crippen molar-refractivity contribution in [2.24, 2.45) is 0 Å². The molecular formula is C14H17Cl3O3. The Labute approximate surface area is 134 Å². The van der Waals surface area contributed by atoms with Gasteiger partial charge in [0, 0.05) is 5.02 Å². The van der Waals surface area contributed by atoms with Crippen LogP contribution in [0.3, 0.4) is 0 Å². The molecular weight excluding hydrogens is 323 g/mol. The van der Waals surface area contributed by atoms with Gasteiger partial charge in [-0.3, -0.25) is 0 Å². The average molecular weight is 340 g/mol. The number of ether oxygens (including phenoxy) is 2. The highest BCUT2D eigenvalue weighted by Gasteiger charge is 2.33.